The fourth-order valence-electron chi connectivity index (χ4n) is 1.47. The predicted molar refractivity (Wildman–Crippen MR) is 54.3 cm³/mol. The third-order valence-electron chi connectivity index (χ3n) is 2.37. The van der Waals surface area contributed by atoms with Crippen molar-refractivity contribution < 1.29 is 9.90 Å². The highest BCUT2D eigenvalue weighted by atomic mass is 79.9. The number of rotatable bonds is 1. The summed E-state index contributed by atoms with van der Waals surface area (Å²) in [5.74, 6) is 0.312. The van der Waals surface area contributed by atoms with Gasteiger partial charge in [-0.15, -0.1) is 0 Å². The average Bonchev–Trinajstić information content (AvgIpc) is 2.05. The highest BCUT2D eigenvalue weighted by Crippen LogP contribution is 2.26. The monoisotopic (exact) mass is 256 g/mol. The molecule has 74 valence electrons. The number of halogens is 1. The average molecular weight is 257 g/mol. The summed E-state index contributed by atoms with van der Waals surface area (Å²) in [7, 11) is 0. The molecule has 1 fully saturated rings. The molecule has 0 aliphatic carbocycles. The third kappa shape index (κ3) is 1.72. The second-order valence-electron chi connectivity index (χ2n) is 3.30. The first-order valence-electron chi connectivity index (χ1n) is 4.26. The van der Waals surface area contributed by atoms with Crippen molar-refractivity contribution in [2.75, 3.05) is 13.1 Å². The number of carboxylic acid groups (broad SMARTS) is 1. The van der Waals surface area contributed by atoms with Gasteiger partial charge in [-0.05, 0) is 27.6 Å². The van der Waals surface area contributed by atoms with Crippen molar-refractivity contribution in [1.82, 2.24) is 9.88 Å². The van der Waals surface area contributed by atoms with Gasteiger partial charge in [0.1, 0.15) is 4.60 Å². The maximum Gasteiger partial charge on any atom is 0.407 e. The van der Waals surface area contributed by atoms with E-state index in [1.165, 1.54) is 4.90 Å². The normalized spacial score (nSPS) is 16.5. The Morgan fingerprint density at radius 1 is 1.57 bits per heavy atom. The Hall–Kier alpha value is -1.10. The first-order chi connectivity index (χ1) is 6.66. The first kappa shape index (κ1) is 9.45. The van der Waals surface area contributed by atoms with Crippen LogP contribution in [0.2, 0.25) is 0 Å². The van der Waals surface area contributed by atoms with E-state index >= 15 is 0 Å². The summed E-state index contributed by atoms with van der Waals surface area (Å²) in [5, 5.41) is 8.64. The van der Waals surface area contributed by atoms with Gasteiger partial charge in [0.05, 0.1) is 0 Å². The fourth-order valence-corrected chi connectivity index (χ4v) is 1.71. The number of likely N-dealkylation sites (tertiary alicyclic amines) is 1. The summed E-state index contributed by atoms with van der Waals surface area (Å²) in [6.07, 6.45) is 0.944. The molecule has 1 aliphatic heterocycles. The Balaban J connectivity index is 2.00. The SMILES string of the molecule is O=C(O)N1CC(c2ccc(Br)nc2)C1. The summed E-state index contributed by atoms with van der Waals surface area (Å²) >= 11 is 3.25. The van der Waals surface area contributed by atoms with Crippen LogP contribution in [-0.2, 0) is 0 Å². The van der Waals surface area contributed by atoms with Gasteiger partial charge in [-0.1, -0.05) is 6.07 Å². The summed E-state index contributed by atoms with van der Waals surface area (Å²) in [6.45, 7) is 1.16. The predicted octanol–water partition coefficient (Wildman–Crippen LogP) is 1.92. The van der Waals surface area contributed by atoms with Crippen LogP contribution in [0.15, 0.2) is 22.9 Å². The van der Waals surface area contributed by atoms with Gasteiger partial charge in [0.2, 0.25) is 0 Å². The van der Waals surface area contributed by atoms with Crippen LogP contribution in [0.4, 0.5) is 4.79 Å². The quantitative estimate of drug-likeness (QED) is 0.782. The summed E-state index contributed by atoms with van der Waals surface area (Å²) in [6, 6.07) is 3.85. The number of amides is 1. The van der Waals surface area contributed by atoms with Crippen molar-refractivity contribution in [3.05, 3.63) is 28.5 Å². The highest BCUT2D eigenvalue weighted by Gasteiger charge is 2.31. The second-order valence-corrected chi connectivity index (χ2v) is 4.11. The Bertz CT molecular complexity index is 346. The van der Waals surface area contributed by atoms with Crippen LogP contribution in [-0.4, -0.2) is 34.2 Å². The van der Waals surface area contributed by atoms with Gasteiger partial charge in [-0.25, -0.2) is 9.78 Å². The Labute approximate surface area is 89.7 Å². The van der Waals surface area contributed by atoms with Gasteiger partial charge < -0.3 is 10.0 Å². The van der Waals surface area contributed by atoms with Crippen LogP contribution in [0, 0.1) is 0 Å². The molecule has 0 aromatic carbocycles. The summed E-state index contributed by atoms with van der Waals surface area (Å²) in [5.41, 5.74) is 1.10. The molecule has 4 nitrogen and oxygen atoms in total. The number of hydrogen-bond donors (Lipinski definition) is 1. The number of pyridine rings is 1. The van der Waals surface area contributed by atoms with Crippen molar-refractivity contribution in [2.24, 2.45) is 0 Å². The van der Waals surface area contributed by atoms with Gasteiger partial charge in [0.25, 0.3) is 0 Å². The van der Waals surface area contributed by atoms with E-state index < -0.39 is 6.09 Å². The van der Waals surface area contributed by atoms with E-state index in [9.17, 15) is 4.79 Å². The van der Waals surface area contributed by atoms with Gasteiger partial charge in [-0.3, -0.25) is 0 Å². The molecule has 1 N–H and O–H groups in total. The number of aromatic nitrogens is 1. The van der Waals surface area contributed by atoms with E-state index in [2.05, 4.69) is 20.9 Å². The van der Waals surface area contributed by atoms with Crippen LogP contribution >= 0.6 is 15.9 Å². The maximum atomic E-state index is 10.5. The lowest BCUT2D eigenvalue weighted by molar-refractivity contribution is 0.105. The smallest absolute Gasteiger partial charge is 0.407 e. The minimum absolute atomic E-state index is 0.312. The Morgan fingerprint density at radius 2 is 2.29 bits per heavy atom. The van der Waals surface area contributed by atoms with Gasteiger partial charge in [-0.2, -0.15) is 0 Å². The zero-order valence-corrected chi connectivity index (χ0v) is 8.94. The van der Waals surface area contributed by atoms with E-state index in [1.54, 1.807) is 6.20 Å². The molecular formula is C9H9BrN2O2. The van der Waals surface area contributed by atoms with Gasteiger partial charge in [0.15, 0.2) is 0 Å². The van der Waals surface area contributed by atoms with Crippen LogP contribution in [0.3, 0.4) is 0 Å². The van der Waals surface area contributed by atoms with Crippen LogP contribution < -0.4 is 0 Å². The molecule has 2 heterocycles. The minimum Gasteiger partial charge on any atom is -0.465 e. The third-order valence-corrected chi connectivity index (χ3v) is 2.84. The van der Waals surface area contributed by atoms with E-state index in [-0.39, 0.29) is 0 Å². The molecule has 1 aromatic rings. The number of carbonyl (C=O) groups is 1. The van der Waals surface area contributed by atoms with E-state index in [0.717, 1.165) is 10.2 Å². The molecule has 1 aliphatic rings. The lowest BCUT2D eigenvalue weighted by Crippen LogP contribution is -2.47. The fraction of sp³-hybridized carbons (Fsp3) is 0.333. The van der Waals surface area contributed by atoms with Crippen molar-refractivity contribution >= 4 is 22.0 Å². The molecule has 0 atom stereocenters. The van der Waals surface area contributed by atoms with E-state index in [4.69, 9.17) is 5.11 Å². The molecular weight excluding hydrogens is 248 g/mol. The van der Waals surface area contributed by atoms with Crippen molar-refractivity contribution in [3.8, 4) is 0 Å². The second kappa shape index (κ2) is 3.57. The van der Waals surface area contributed by atoms with Crippen molar-refractivity contribution in [2.45, 2.75) is 5.92 Å². The van der Waals surface area contributed by atoms with Gasteiger partial charge >= 0.3 is 6.09 Å². The minimum atomic E-state index is -0.841. The number of hydrogen-bond acceptors (Lipinski definition) is 2. The topological polar surface area (TPSA) is 53.4 Å². The molecule has 2 rings (SSSR count). The Morgan fingerprint density at radius 3 is 2.79 bits per heavy atom. The molecule has 0 bridgehead atoms. The highest BCUT2D eigenvalue weighted by molar-refractivity contribution is 9.10. The van der Waals surface area contributed by atoms with E-state index in [1.807, 2.05) is 12.1 Å². The summed E-state index contributed by atoms with van der Waals surface area (Å²) in [4.78, 5) is 16.0. The maximum absolute atomic E-state index is 10.5. The summed E-state index contributed by atoms with van der Waals surface area (Å²) < 4.78 is 0.802. The van der Waals surface area contributed by atoms with Crippen molar-refractivity contribution in [3.63, 3.8) is 0 Å². The standard InChI is InChI=1S/C9H9BrN2O2/c10-8-2-1-6(3-11-8)7-4-12(5-7)9(13)14/h1-3,7H,4-5H2,(H,13,14). The first-order valence-corrected chi connectivity index (χ1v) is 5.05. The zero-order valence-electron chi connectivity index (χ0n) is 7.35. The molecule has 14 heavy (non-hydrogen) atoms. The molecule has 0 unspecified atom stereocenters. The molecule has 5 heteroatoms. The number of nitrogens with zero attached hydrogens (tertiary/aromatic N) is 2. The van der Waals surface area contributed by atoms with Crippen molar-refractivity contribution in [1.29, 1.82) is 0 Å². The molecule has 1 aromatic heterocycles. The molecule has 0 radical (unpaired) electrons. The molecule has 0 spiro atoms. The molecule has 1 amide bonds. The van der Waals surface area contributed by atoms with Gasteiger partial charge in [0, 0.05) is 25.2 Å². The molecule has 1 saturated heterocycles. The lowest BCUT2D eigenvalue weighted by atomic mass is 9.93. The Kier molecular flexibility index (Phi) is 2.41. The van der Waals surface area contributed by atoms with Crippen LogP contribution in [0.25, 0.3) is 0 Å². The van der Waals surface area contributed by atoms with Crippen LogP contribution in [0.5, 0.6) is 0 Å². The zero-order chi connectivity index (χ0) is 10.1. The largest absolute Gasteiger partial charge is 0.465 e. The van der Waals surface area contributed by atoms with Crippen LogP contribution in [0.1, 0.15) is 11.5 Å². The van der Waals surface area contributed by atoms with E-state index in [0.29, 0.717) is 19.0 Å². The lowest BCUT2D eigenvalue weighted by Gasteiger charge is -2.37. The molecule has 0 saturated carbocycles.